The lowest BCUT2D eigenvalue weighted by atomic mass is 9.88. The molecule has 0 aliphatic rings. The van der Waals surface area contributed by atoms with Crippen LogP contribution in [-0.2, 0) is 0 Å². The van der Waals surface area contributed by atoms with Crippen molar-refractivity contribution in [1.82, 2.24) is 5.32 Å². The van der Waals surface area contributed by atoms with Crippen LogP contribution >= 0.6 is 0 Å². The van der Waals surface area contributed by atoms with E-state index in [0.29, 0.717) is 6.04 Å². The van der Waals surface area contributed by atoms with Crippen molar-refractivity contribution < 1.29 is 0 Å². The maximum atomic E-state index is 8.83. The standard InChI is InChI=1S/C10H20N2/c1-8(2)12-9(7-11)6-10(3,4)5/h8-9,12H,6H2,1-5H3. The van der Waals surface area contributed by atoms with E-state index in [2.05, 4.69) is 46.0 Å². The maximum absolute atomic E-state index is 8.83. The van der Waals surface area contributed by atoms with Crippen molar-refractivity contribution in [3.63, 3.8) is 0 Å². The highest BCUT2D eigenvalue weighted by molar-refractivity contribution is 4.93. The van der Waals surface area contributed by atoms with Crippen molar-refractivity contribution in [2.45, 2.75) is 53.1 Å². The van der Waals surface area contributed by atoms with E-state index in [0.717, 1.165) is 6.42 Å². The van der Waals surface area contributed by atoms with E-state index in [1.165, 1.54) is 0 Å². The van der Waals surface area contributed by atoms with Gasteiger partial charge in [0.25, 0.3) is 0 Å². The number of hydrogen-bond acceptors (Lipinski definition) is 2. The summed E-state index contributed by atoms with van der Waals surface area (Å²) in [6, 6.07) is 2.66. The smallest absolute Gasteiger partial charge is 0.0959 e. The van der Waals surface area contributed by atoms with E-state index in [9.17, 15) is 0 Å². The van der Waals surface area contributed by atoms with Crippen LogP contribution in [0, 0.1) is 16.7 Å². The van der Waals surface area contributed by atoms with Crippen LogP contribution in [0.25, 0.3) is 0 Å². The van der Waals surface area contributed by atoms with E-state index in [4.69, 9.17) is 5.26 Å². The van der Waals surface area contributed by atoms with Crippen molar-refractivity contribution in [2.24, 2.45) is 5.41 Å². The third-order valence-corrected chi connectivity index (χ3v) is 1.51. The molecule has 0 aromatic rings. The zero-order valence-electron chi connectivity index (χ0n) is 8.81. The first-order valence-electron chi connectivity index (χ1n) is 4.51. The largest absolute Gasteiger partial charge is 0.300 e. The molecule has 12 heavy (non-hydrogen) atoms. The van der Waals surface area contributed by atoms with Gasteiger partial charge in [-0.1, -0.05) is 20.8 Å². The molecule has 0 bridgehead atoms. The van der Waals surface area contributed by atoms with Crippen LogP contribution in [0.5, 0.6) is 0 Å². The zero-order chi connectivity index (χ0) is 9.78. The number of hydrogen-bond donors (Lipinski definition) is 1. The predicted molar refractivity (Wildman–Crippen MR) is 51.7 cm³/mol. The zero-order valence-corrected chi connectivity index (χ0v) is 8.81. The molecule has 0 aliphatic heterocycles. The SMILES string of the molecule is CC(C)NC(C#N)CC(C)(C)C. The van der Waals surface area contributed by atoms with Gasteiger partial charge in [0.1, 0.15) is 0 Å². The Morgan fingerprint density at radius 2 is 1.83 bits per heavy atom. The Balaban J connectivity index is 3.95. The second-order valence-corrected chi connectivity index (χ2v) is 4.77. The molecular weight excluding hydrogens is 148 g/mol. The fourth-order valence-corrected chi connectivity index (χ4v) is 1.16. The van der Waals surface area contributed by atoms with Gasteiger partial charge in [0.2, 0.25) is 0 Å². The average molecular weight is 168 g/mol. The van der Waals surface area contributed by atoms with Gasteiger partial charge in [0.05, 0.1) is 12.1 Å². The van der Waals surface area contributed by atoms with Gasteiger partial charge in [0.15, 0.2) is 0 Å². The van der Waals surface area contributed by atoms with E-state index in [-0.39, 0.29) is 11.5 Å². The first kappa shape index (κ1) is 11.4. The molecule has 0 spiro atoms. The van der Waals surface area contributed by atoms with Crippen molar-refractivity contribution >= 4 is 0 Å². The van der Waals surface area contributed by atoms with Crippen LogP contribution in [-0.4, -0.2) is 12.1 Å². The van der Waals surface area contributed by atoms with Crippen LogP contribution in [0.2, 0.25) is 0 Å². The third-order valence-electron chi connectivity index (χ3n) is 1.51. The monoisotopic (exact) mass is 168 g/mol. The number of nitriles is 1. The minimum atomic E-state index is -0.00926. The molecule has 1 N–H and O–H groups in total. The van der Waals surface area contributed by atoms with Crippen LogP contribution in [0.4, 0.5) is 0 Å². The highest BCUT2D eigenvalue weighted by Crippen LogP contribution is 2.20. The molecule has 70 valence electrons. The topological polar surface area (TPSA) is 35.8 Å². The molecule has 0 radical (unpaired) electrons. The number of rotatable bonds is 3. The van der Waals surface area contributed by atoms with Crippen LogP contribution < -0.4 is 5.32 Å². The first-order valence-corrected chi connectivity index (χ1v) is 4.51. The lowest BCUT2D eigenvalue weighted by Gasteiger charge is -2.23. The van der Waals surface area contributed by atoms with E-state index in [1.54, 1.807) is 0 Å². The molecule has 0 aliphatic carbocycles. The van der Waals surface area contributed by atoms with Gasteiger partial charge in [-0.15, -0.1) is 0 Å². The van der Waals surface area contributed by atoms with Gasteiger partial charge in [-0.3, -0.25) is 5.32 Å². The Kier molecular flexibility index (Phi) is 4.26. The summed E-state index contributed by atoms with van der Waals surface area (Å²) in [4.78, 5) is 0. The van der Waals surface area contributed by atoms with Crippen molar-refractivity contribution in [3.05, 3.63) is 0 Å². The molecule has 0 saturated heterocycles. The molecule has 0 aromatic heterocycles. The number of nitrogens with zero attached hydrogens (tertiary/aromatic N) is 1. The minimum Gasteiger partial charge on any atom is -0.300 e. The van der Waals surface area contributed by atoms with Crippen molar-refractivity contribution in [3.8, 4) is 6.07 Å². The first-order chi connectivity index (χ1) is 5.35. The molecule has 0 fully saturated rings. The Morgan fingerprint density at radius 3 is 2.08 bits per heavy atom. The number of nitrogens with one attached hydrogen (secondary N) is 1. The lowest BCUT2D eigenvalue weighted by Crippen LogP contribution is -2.36. The predicted octanol–water partition coefficient (Wildman–Crippen LogP) is 2.31. The highest BCUT2D eigenvalue weighted by atomic mass is 14.9. The fourth-order valence-electron chi connectivity index (χ4n) is 1.16. The molecule has 1 unspecified atom stereocenters. The van der Waals surface area contributed by atoms with Crippen LogP contribution in [0.1, 0.15) is 41.0 Å². The molecule has 0 amide bonds. The van der Waals surface area contributed by atoms with Gasteiger partial charge in [-0.2, -0.15) is 5.26 Å². The Bertz CT molecular complexity index is 160. The third kappa shape index (κ3) is 6.18. The van der Waals surface area contributed by atoms with Crippen LogP contribution in [0.3, 0.4) is 0 Å². The van der Waals surface area contributed by atoms with Gasteiger partial charge < -0.3 is 0 Å². The van der Waals surface area contributed by atoms with Crippen molar-refractivity contribution in [2.75, 3.05) is 0 Å². The van der Waals surface area contributed by atoms with E-state index >= 15 is 0 Å². The van der Waals surface area contributed by atoms with Crippen molar-refractivity contribution in [1.29, 1.82) is 5.26 Å². The second-order valence-electron chi connectivity index (χ2n) is 4.77. The molecular formula is C10H20N2. The van der Waals surface area contributed by atoms with Gasteiger partial charge in [-0.25, -0.2) is 0 Å². The molecule has 1 atom stereocenters. The molecule has 0 heterocycles. The Morgan fingerprint density at radius 1 is 1.33 bits per heavy atom. The van der Waals surface area contributed by atoms with E-state index in [1.807, 2.05) is 0 Å². The quantitative estimate of drug-likeness (QED) is 0.702. The lowest BCUT2D eigenvalue weighted by molar-refractivity contribution is 0.329. The Labute approximate surface area is 76.0 Å². The fraction of sp³-hybridized carbons (Fsp3) is 0.900. The second kappa shape index (κ2) is 4.47. The summed E-state index contributed by atoms with van der Waals surface area (Å²) in [5.41, 5.74) is 0.224. The molecule has 2 heteroatoms. The molecule has 2 nitrogen and oxygen atoms in total. The summed E-state index contributed by atoms with van der Waals surface area (Å²) in [5.74, 6) is 0. The summed E-state index contributed by atoms with van der Waals surface area (Å²) in [6.45, 7) is 10.6. The van der Waals surface area contributed by atoms with Crippen LogP contribution in [0.15, 0.2) is 0 Å². The minimum absolute atomic E-state index is 0.00926. The summed E-state index contributed by atoms with van der Waals surface area (Å²) in [6.07, 6.45) is 0.904. The highest BCUT2D eigenvalue weighted by Gasteiger charge is 2.18. The van der Waals surface area contributed by atoms with E-state index < -0.39 is 0 Å². The summed E-state index contributed by atoms with van der Waals surface area (Å²) >= 11 is 0. The molecule has 0 rings (SSSR count). The Hall–Kier alpha value is -0.550. The van der Waals surface area contributed by atoms with Gasteiger partial charge in [0, 0.05) is 6.04 Å². The molecule has 0 saturated carbocycles. The normalized spacial score (nSPS) is 14.4. The maximum Gasteiger partial charge on any atom is 0.0959 e. The van der Waals surface area contributed by atoms with Gasteiger partial charge in [-0.05, 0) is 25.7 Å². The summed E-state index contributed by atoms with van der Waals surface area (Å²) in [7, 11) is 0. The van der Waals surface area contributed by atoms with Gasteiger partial charge >= 0.3 is 0 Å². The summed E-state index contributed by atoms with van der Waals surface area (Å²) in [5, 5.41) is 12.1. The molecule has 0 aromatic carbocycles. The summed E-state index contributed by atoms with van der Waals surface area (Å²) < 4.78 is 0. The average Bonchev–Trinajstić information content (AvgIpc) is 1.82.